The van der Waals surface area contributed by atoms with Crippen LogP contribution >= 0.6 is 0 Å². The summed E-state index contributed by atoms with van der Waals surface area (Å²) in [7, 11) is -4.35. The van der Waals surface area contributed by atoms with E-state index in [1.807, 2.05) is 13.8 Å². The first-order chi connectivity index (χ1) is 20.0. The number of amides is 4. The molecule has 1 N–H and O–H groups in total. The zero-order chi connectivity index (χ0) is 35.1. The molecule has 0 aliphatic carbocycles. The summed E-state index contributed by atoms with van der Waals surface area (Å²) >= 11 is 0. The number of nitrogens with zero attached hydrogens (tertiary/aromatic N) is 4. The lowest BCUT2D eigenvalue weighted by Gasteiger charge is -2.34. The highest BCUT2D eigenvalue weighted by Crippen LogP contribution is 2.54. The smallest absolute Gasteiger partial charge is 0.460 e. The number of carbonyl (C=O) groups excluding carboxylic acids is 2. The van der Waals surface area contributed by atoms with Crippen molar-refractivity contribution in [3.63, 3.8) is 0 Å². The molecule has 2 fully saturated rings. The average molecular weight is 688 g/mol. The second-order valence-electron chi connectivity index (χ2n) is 9.17. The van der Waals surface area contributed by atoms with Crippen LogP contribution in [0.5, 0.6) is 0 Å². The lowest BCUT2D eigenvalue weighted by molar-refractivity contribution is -0.894. The number of rotatable bonds is 12. The molecule has 2 heterocycles. The van der Waals surface area contributed by atoms with E-state index in [9.17, 15) is 62.1 Å². The van der Waals surface area contributed by atoms with Crippen molar-refractivity contribution in [2.45, 2.75) is 70.2 Å². The van der Waals surface area contributed by atoms with Gasteiger partial charge in [-0.25, -0.2) is 18.0 Å². The van der Waals surface area contributed by atoms with E-state index in [1.165, 1.54) is 33.9 Å². The summed E-state index contributed by atoms with van der Waals surface area (Å²) in [4.78, 5) is 33.1. The first-order valence-corrected chi connectivity index (χ1v) is 14.5. The maximum absolute atomic E-state index is 12.5. The highest BCUT2D eigenvalue weighted by molar-refractivity contribution is 7.86. The summed E-state index contributed by atoms with van der Waals surface area (Å²) < 4.78 is 146. The zero-order valence-corrected chi connectivity index (χ0v) is 25.9. The lowest BCUT2D eigenvalue weighted by Crippen LogP contribution is -3.11. The van der Waals surface area contributed by atoms with E-state index in [1.54, 1.807) is 24.5 Å². The fourth-order valence-electron chi connectivity index (χ4n) is 4.22. The van der Waals surface area contributed by atoms with Gasteiger partial charge in [-0.15, -0.1) is 0 Å². The van der Waals surface area contributed by atoms with Gasteiger partial charge in [-0.3, -0.25) is 9.80 Å². The Morgan fingerprint density at radius 2 is 1.00 bits per heavy atom. The van der Waals surface area contributed by atoms with Gasteiger partial charge in [0.2, 0.25) is 0 Å². The number of methoxy groups -OCH3 is 2. The first-order valence-electron chi connectivity index (χ1n) is 13.1. The number of hydrogen-bond acceptors (Lipinski definition) is 7. The van der Waals surface area contributed by atoms with Gasteiger partial charge in [-0.2, -0.15) is 39.5 Å². The number of hydrogen-bond donors (Lipinski definition) is 1. The zero-order valence-electron chi connectivity index (χ0n) is 25.1. The van der Waals surface area contributed by atoms with Crippen LogP contribution in [-0.2, 0) is 19.6 Å². The highest BCUT2D eigenvalue weighted by atomic mass is 32.2. The molecule has 2 atom stereocenters. The quantitative estimate of drug-likeness (QED) is 0.247. The van der Waals surface area contributed by atoms with Crippen LogP contribution in [0.25, 0.3) is 0 Å². The van der Waals surface area contributed by atoms with E-state index >= 15 is 0 Å². The number of fused-ring (bicyclic) bond motifs is 1. The predicted molar refractivity (Wildman–Crippen MR) is 134 cm³/mol. The van der Waals surface area contributed by atoms with Gasteiger partial charge in [-0.05, 0) is 34.6 Å². The molecule has 2 rings (SSSR count). The molecule has 22 heteroatoms. The van der Waals surface area contributed by atoms with Crippen LogP contribution in [0.3, 0.4) is 0 Å². The molecular formula is C22H38F9N5O7S. The van der Waals surface area contributed by atoms with Crippen molar-refractivity contribution in [1.82, 2.24) is 19.6 Å². The number of likely N-dealkylation sites (N-methyl/N-ethyl adjacent to an activating group) is 2. The molecule has 12 nitrogen and oxygen atoms in total. The number of halogens is 9. The van der Waals surface area contributed by atoms with E-state index in [4.69, 9.17) is 9.47 Å². The van der Waals surface area contributed by atoms with Gasteiger partial charge < -0.3 is 28.7 Å². The van der Waals surface area contributed by atoms with Gasteiger partial charge in [0.05, 0.1) is 19.6 Å². The number of nitrogens with one attached hydrogen (secondary N) is 1. The van der Waals surface area contributed by atoms with E-state index < -0.39 is 33.4 Å². The Labute approximate surface area is 249 Å². The molecule has 0 aromatic carbocycles. The summed E-state index contributed by atoms with van der Waals surface area (Å²) in [5, 5.41) is -7.11. The number of urea groups is 2. The summed E-state index contributed by atoms with van der Waals surface area (Å²) in [6.45, 7) is 15.7. The summed E-state index contributed by atoms with van der Waals surface area (Å²) in [5.41, 5.74) is 0. The van der Waals surface area contributed by atoms with E-state index in [-0.39, 0.29) is 37.9 Å². The van der Waals surface area contributed by atoms with Crippen molar-refractivity contribution in [1.29, 1.82) is 0 Å². The first kappa shape index (κ1) is 41.7. The molecule has 2 aliphatic rings. The SMILES string of the molecule is CCN1C(=O)N(CC)C2C1N(COC)C(=O)N2COC.CC[NH+](CC)CC.O=S(=O)([O-])C(F)(F)C(F)(F)C(F)(F)C(F)(F)F. The van der Waals surface area contributed by atoms with Crippen LogP contribution in [0.4, 0.5) is 49.1 Å². The lowest BCUT2D eigenvalue weighted by atomic mass is 10.1. The van der Waals surface area contributed by atoms with Crippen LogP contribution < -0.4 is 4.90 Å². The third-order valence-corrected chi connectivity index (χ3v) is 7.56. The van der Waals surface area contributed by atoms with Crippen molar-refractivity contribution in [3.05, 3.63) is 0 Å². The largest absolute Gasteiger partial charge is 0.743 e. The second-order valence-corrected chi connectivity index (χ2v) is 10.6. The van der Waals surface area contributed by atoms with Gasteiger partial charge in [0.15, 0.2) is 22.4 Å². The van der Waals surface area contributed by atoms with Gasteiger partial charge in [0.1, 0.15) is 13.5 Å². The third kappa shape index (κ3) is 8.10. The molecular weight excluding hydrogens is 649 g/mol. The van der Waals surface area contributed by atoms with Crippen molar-refractivity contribution in [2.75, 3.05) is 60.4 Å². The van der Waals surface area contributed by atoms with Crippen molar-refractivity contribution >= 4 is 22.2 Å². The minimum Gasteiger partial charge on any atom is -0.743 e. The van der Waals surface area contributed by atoms with Crippen molar-refractivity contribution < 1.29 is 76.4 Å². The highest BCUT2D eigenvalue weighted by Gasteiger charge is 2.83. The second kappa shape index (κ2) is 15.8. The Morgan fingerprint density at radius 1 is 0.682 bits per heavy atom. The Kier molecular flexibility index (Phi) is 15.0. The maximum atomic E-state index is 12.5. The Hall–Kier alpha value is -2.30. The number of alkyl halides is 9. The maximum Gasteiger partial charge on any atom is 0.460 e. The molecule has 0 bridgehead atoms. The fourth-order valence-corrected chi connectivity index (χ4v) is 4.66. The molecule has 2 unspecified atom stereocenters. The Balaban J connectivity index is 0.000000701. The predicted octanol–water partition coefficient (Wildman–Crippen LogP) is 2.25. The van der Waals surface area contributed by atoms with Gasteiger partial charge in [0.25, 0.3) is 0 Å². The molecule has 0 radical (unpaired) electrons. The van der Waals surface area contributed by atoms with E-state index in [0.717, 1.165) is 0 Å². The molecule has 0 spiro atoms. The minimum absolute atomic E-state index is 0.0558. The molecule has 44 heavy (non-hydrogen) atoms. The summed E-state index contributed by atoms with van der Waals surface area (Å²) in [6.07, 6.45) is -7.81. The molecule has 2 aliphatic heterocycles. The van der Waals surface area contributed by atoms with Crippen LogP contribution in [0, 0.1) is 0 Å². The number of quaternary nitrogens is 1. The number of carbonyl (C=O) groups is 2. The Bertz CT molecular complexity index is 1010. The van der Waals surface area contributed by atoms with Crippen molar-refractivity contribution in [2.24, 2.45) is 0 Å². The molecule has 0 saturated carbocycles. The molecule has 2 saturated heterocycles. The number of ether oxygens (including phenoxy) is 2. The van der Waals surface area contributed by atoms with Crippen LogP contribution in [0.15, 0.2) is 0 Å². The fraction of sp³-hybridized carbons (Fsp3) is 0.909. The summed E-state index contributed by atoms with van der Waals surface area (Å²) in [5.74, 6) is -14.8. The molecule has 262 valence electrons. The minimum atomic E-state index is -7.43. The molecule has 4 amide bonds. The van der Waals surface area contributed by atoms with E-state index in [0.29, 0.717) is 13.1 Å². The third-order valence-electron chi connectivity index (χ3n) is 6.67. The van der Waals surface area contributed by atoms with Gasteiger partial charge in [0, 0.05) is 27.3 Å². The van der Waals surface area contributed by atoms with Crippen LogP contribution in [0.1, 0.15) is 34.6 Å². The van der Waals surface area contributed by atoms with Gasteiger partial charge >= 0.3 is 35.3 Å². The Morgan fingerprint density at radius 3 is 1.20 bits per heavy atom. The average Bonchev–Trinajstić information content (AvgIpc) is 3.34. The van der Waals surface area contributed by atoms with Crippen molar-refractivity contribution in [3.8, 4) is 0 Å². The van der Waals surface area contributed by atoms with Crippen LogP contribution in [0.2, 0.25) is 0 Å². The van der Waals surface area contributed by atoms with E-state index in [2.05, 4.69) is 20.8 Å². The van der Waals surface area contributed by atoms with Crippen LogP contribution in [-0.4, -0.2) is 141 Å². The standard InChI is InChI=1S/C12H22N4O4.C6H15N.C4HF9O3S/c1-5-13-9-10(14(6-2)11(13)17)16(8-20-4)12(18)15(9)7-19-3;1-4-7(5-2)6-3;5-1(6,3(9,10)11)2(7,8)4(12,13)17(14,15)16/h9-10H,5-8H2,1-4H3;4-6H2,1-3H3;(H,14,15,16). The molecule has 0 aromatic rings. The van der Waals surface area contributed by atoms with Gasteiger partial charge in [-0.1, -0.05) is 0 Å². The summed E-state index contributed by atoms with van der Waals surface area (Å²) in [6, 6.07) is -0.229. The topological polar surface area (TPSA) is 127 Å². The monoisotopic (exact) mass is 687 g/mol. The molecule has 0 aromatic heterocycles. The normalized spacial score (nSPS) is 19.7.